The molecule has 5 nitrogen and oxygen atoms in total. The monoisotopic (exact) mass is 269 g/mol. The van der Waals surface area contributed by atoms with E-state index in [1.165, 1.54) is 0 Å². The van der Waals surface area contributed by atoms with Crippen LogP contribution in [0.4, 0.5) is 4.79 Å². The Bertz CT molecular complexity index is 374. The summed E-state index contributed by atoms with van der Waals surface area (Å²) in [5.74, 6) is -0.213. The smallest absolute Gasteiger partial charge is 0.407 e. The van der Waals surface area contributed by atoms with Crippen molar-refractivity contribution in [3.8, 4) is 0 Å². The zero-order valence-corrected chi connectivity index (χ0v) is 11.8. The quantitative estimate of drug-likeness (QED) is 0.824. The van der Waals surface area contributed by atoms with Gasteiger partial charge in [-0.1, -0.05) is 0 Å². The number of alkyl carbamates (subject to hydrolysis) is 1. The number of carbonyl (C=O) groups excluding carboxylic acids is 1. The van der Waals surface area contributed by atoms with Crippen LogP contribution in [0.25, 0.3) is 0 Å². The summed E-state index contributed by atoms with van der Waals surface area (Å²) in [5, 5.41) is 12.0. The third kappa shape index (κ3) is 3.19. The van der Waals surface area contributed by atoms with E-state index in [1.807, 2.05) is 20.8 Å². The van der Waals surface area contributed by atoms with Crippen LogP contribution in [0, 0.1) is 23.7 Å². The number of carboxylic acid groups (broad SMARTS) is 1. The molecule has 0 saturated heterocycles. The Labute approximate surface area is 113 Å². The van der Waals surface area contributed by atoms with E-state index >= 15 is 0 Å². The zero-order valence-electron chi connectivity index (χ0n) is 11.8. The molecule has 0 aliphatic heterocycles. The molecule has 0 unspecified atom stereocenters. The average molecular weight is 269 g/mol. The van der Waals surface area contributed by atoms with E-state index < -0.39 is 17.7 Å². The van der Waals surface area contributed by atoms with Gasteiger partial charge >= 0.3 is 12.1 Å². The fourth-order valence-corrected chi connectivity index (χ4v) is 3.60. The molecule has 0 heterocycles. The largest absolute Gasteiger partial charge is 0.481 e. The van der Waals surface area contributed by atoms with Gasteiger partial charge in [-0.2, -0.15) is 0 Å². The standard InChI is InChI=1S/C14H23NO4/c1-14(2,3)19-13(18)15-7-10-8-4-5-9(6-8)11(10)12(16)17/h8-11H,4-7H2,1-3H3,(H,15,18)(H,16,17)/t8-,9+,10+,11-/m0/s1. The second-order valence-corrected chi connectivity index (χ2v) is 6.74. The Morgan fingerprint density at radius 1 is 1.26 bits per heavy atom. The van der Waals surface area contributed by atoms with Crippen LogP contribution in [0.2, 0.25) is 0 Å². The number of carbonyl (C=O) groups is 2. The number of ether oxygens (including phenoxy) is 1. The summed E-state index contributed by atoms with van der Waals surface area (Å²) in [4.78, 5) is 22.9. The molecule has 0 spiro atoms. The van der Waals surface area contributed by atoms with Gasteiger partial charge in [0.05, 0.1) is 5.92 Å². The lowest BCUT2D eigenvalue weighted by Crippen LogP contribution is -2.40. The van der Waals surface area contributed by atoms with Crippen molar-refractivity contribution in [2.45, 2.75) is 45.6 Å². The summed E-state index contributed by atoms with van der Waals surface area (Å²) in [5.41, 5.74) is -0.523. The van der Waals surface area contributed by atoms with E-state index in [2.05, 4.69) is 5.32 Å². The maximum Gasteiger partial charge on any atom is 0.407 e. The van der Waals surface area contributed by atoms with Crippen LogP contribution in [0.15, 0.2) is 0 Å². The van der Waals surface area contributed by atoms with Gasteiger partial charge in [0.25, 0.3) is 0 Å². The van der Waals surface area contributed by atoms with Gasteiger partial charge in [-0.05, 0) is 57.8 Å². The maximum absolute atomic E-state index is 11.6. The molecule has 2 fully saturated rings. The highest BCUT2D eigenvalue weighted by Gasteiger charge is 2.50. The van der Waals surface area contributed by atoms with Crippen molar-refractivity contribution in [2.24, 2.45) is 23.7 Å². The minimum atomic E-state index is -0.719. The van der Waals surface area contributed by atoms with Crippen LogP contribution in [-0.4, -0.2) is 29.3 Å². The third-order valence-electron chi connectivity index (χ3n) is 4.25. The van der Waals surface area contributed by atoms with E-state index in [-0.39, 0.29) is 11.8 Å². The first kappa shape index (κ1) is 14.2. The van der Waals surface area contributed by atoms with Gasteiger partial charge in [0, 0.05) is 6.54 Å². The molecule has 19 heavy (non-hydrogen) atoms. The lowest BCUT2D eigenvalue weighted by molar-refractivity contribution is -0.145. The fraction of sp³-hybridized carbons (Fsp3) is 0.857. The average Bonchev–Trinajstić information content (AvgIpc) is 2.82. The number of aliphatic carboxylic acids is 1. The molecule has 0 aromatic carbocycles. The lowest BCUT2D eigenvalue weighted by Gasteiger charge is -2.28. The molecule has 2 rings (SSSR count). The minimum Gasteiger partial charge on any atom is -0.481 e. The van der Waals surface area contributed by atoms with Crippen LogP contribution in [-0.2, 0) is 9.53 Å². The van der Waals surface area contributed by atoms with Crippen molar-refractivity contribution >= 4 is 12.1 Å². The first-order valence-corrected chi connectivity index (χ1v) is 6.97. The first-order valence-electron chi connectivity index (χ1n) is 6.97. The molecule has 0 aromatic rings. The van der Waals surface area contributed by atoms with Gasteiger partial charge in [-0.15, -0.1) is 0 Å². The van der Waals surface area contributed by atoms with Crippen molar-refractivity contribution < 1.29 is 19.4 Å². The number of fused-ring (bicyclic) bond motifs is 2. The molecule has 0 aromatic heterocycles. The molecule has 2 aliphatic carbocycles. The van der Waals surface area contributed by atoms with Crippen LogP contribution in [0.5, 0.6) is 0 Å². The summed E-state index contributed by atoms with van der Waals surface area (Å²) in [6.07, 6.45) is 2.65. The molecule has 1 amide bonds. The van der Waals surface area contributed by atoms with Crippen molar-refractivity contribution in [1.82, 2.24) is 5.32 Å². The SMILES string of the molecule is CC(C)(C)OC(=O)NC[C@@H]1[C@H]2CC[C@H](C2)[C@@H]1C(=O)O. The second kappa shape index (κ2) is 5.02. The van der Waals surface area contributed by atoms with Gasteiger partial charge in [0.1, 0.15) is 5.60 Å². The van der Waals surface area contributed by atoms with E-state index in [1.54, 1.807) is 0 Å². The Morgan fingerprint density at radius 2 is 1.89 bits per heavy atom. The van der Waals surface area contributed by atoms with Gasteiger partial charge in [-0.25, -0.2) is 4.79 Å². The Kier molecular flexibility index (Phi) is 3.74. The Hall–Kier alpha value is -1.26. The van der Waals surface area contributed by atoms with Crippen molar-refractivity contribution in [2.75, 3.05) is 6.54 Å². The molecule has 2 aliphatic rings. The van der Waals surface area contributed by atoms with E-state index in [4.69, 9.17) is 4.74 Å². The molecule has 108 valence electrons. The summed E-state index contributed by atoms with van der Waals surface area (Å²) >= 11 is 0. The Balaban J connectivity index is 1.88. The highest BCUT2D eigenvalue weighted by Crippen LogP contribution is 2.52. The van der Waals surface area contributed by atoms with Crippen LogP contribution < -0.4 is 5.32 Å². The second-order valence-electron chi connectivity index (χ2n) is 6.74. The van der Waals surface area contributed by atoms with Crippen molar-refractivity contribution in [1.29, 1.82) is 0 Å². The molecule has 2 saturated carbocycles. The zero-order chi connectivity index (χ0) is 14.2. The van der Waals surface area contributed by atoms with Crippen LogP contribution in [0.3, 0.4) is 0 Å². The Morgan fingerprint density at radius 3 is 2.47 bits per heavy atom. The van der Waals surface area contributed by atoms with Gasteiger partial charge in [-0.3, -0.25) is 4.79 Å². The number of rotatable bonds is 3. The maximum atomic E-state index is 11.6. The van der Waals surface area contributed by atoms with E-state index in [0.717, 1.165) is 19.3 Å². The minimum absolute atomic E-state index is 0.0590. The molecule has 2 N–H and O–H groups in total. The molecule has 2 bridgehead atoms. The van der Waals surface area contributed by atoms with E-state index in [9.17, 15) is 14.7 Å². The van der Waals surface area contributed by atoms with Crippen LogP contribution in [0.1, 0.15) is 40.0 Å². The van der Waals surface area contributed by atoms with Crippen molar-refractivity contribution in [3.63, 3.8) is 0 Å². The highest BCUT2D eigenvalue weighted by molar-refractivity contribution is 5.72. The normalized spacial score (nSPS) is 33.2. The third-order valence-corrected chi connectivity index (χ3v) is 4.25. The number of carboxylic acids is 1. The fourth-order valence-electron chi connectivity index (χ4n) is 3.60. The number of hydrogen-bond donors (Lipinski definition) is 2. The van der Waals surface area contributed by atoms with E-state index in [0.29, 0.717) is 18.4 Å². The van der Waals surface area contributed by atoms with Gasteiger partial charge in [0.2, 0.25) is 0 Å². The summed E-state index contributed by atoms with van der Waals surface area (Å²) in [6.45, 7) is 5.84. The molecule has 5 heteroatoms. The highest BCUT2D eigenvalue weighted by atomic mass is 16.6. The molecule has 0 radical (unpaired) electrons. The molecular weight excluding hydrogens is 246 g/mol. The van der Waals surface area contributed by atoms with Crippen LogP contribution >= 0.6 is 0 Å². The molecular formula is C14H23NO4. The van der Waals surface area contributed by atoms with Crippen molar-refractivity contribution in [3.05, 3.63) is 0 Å². The topological polar surface area (TPSA) is 75.6 Å². The predicted molar refractivity (Wildman–Crippen MR) is 69.7 cm³/mol. The van der Waals surface area contributed by atoms with Gasteiger partial charge in [0.15, 0.2) is 0 Å². The number of hydrogen-bond acceptors (Lipinski definition) is 3. The lowest BCUT2D eigenvalue weighted by atomic mass is 9.79. The predicted octanol–water partition coefficient (Wildman–Crippen LogP) is 2.26. The van der Waals surface area contributed by atoms with Gasteiger partial charge < -0.3 is 15.2 Å². The molecule has 4 atom stereocenters. The summed E-state index contributed by atoms with van der Waals surface area (Å²) in [6, 6.07) is 0. The first-order chi connectivity index (χ1) is 8.78. The summed E-state index contributed by atoms with van der Waals surface area (Å²) in [7, 11) is 0. The number of nitrogens with one attached hydrogen (secondary N) is 1. The summed E-state index contributed by atoms with van der Waals surface area (Å²) < 4.78 is 5.18. The number of amides is 1.